The van der Waals surface area contributed by atoms with Crippen molar-refractivity contribution in [2.75, 3.05) is 26.3 Å². The van der Waals surface area contributed by atoms with Gasteiger partial charge in [0.2, 0.25) is 18.6 Å². The number of nitrogens with zero attached hydrogens (tertiary/aromatic N) is 2. The lowest BCUT2D eigenvalue weighted by molar-refractivity contribution is -0.121. The van der Waals surface area contributed by atoms with E-state index in [-0.39, 0.29) is 24.2 Å². The van der Waals surface area contributed by atoms with E-state index in [4.69, 9.17) is 23.9 Å². The Morgan fingerprint density at radius 3 is 2.50 bits per heavy atom. The molecule has 0 aliphatic carbocycles. The van der Waals surface area contributed by atoms with Gasteiger partial charge in [-0.15, -0.1) is 0 Å². The molecule has 5 rings (SSSR count). The summed E-state index contributed by atoms with van der Waals surface area (Å²) >= 11 is 1.25. The molecule has 0 radical (unpaired) electrons. The Balaban J connectivity index is 1.26. The second-order valence-corrected chi connectivity index (χ2v) is 11.9. The van der Waals surface area contributed by atoms with Gasteiger partial charge in [-0.05, 0) is 55.2 Å². The van der Waals surface area contributed by atoms with Crippen LogP contribution >= 0.6 is 11.8 Å². The minimum atomic E-state index is -0.524. The molecule has 11 nitrogen and oxygen atoms in total. The number of amides is 2. The van der Waals surface area contributed by atoms with E-state index >= 15 is 0 Å². The van der Waals surface area contributed by atoms with Crippen molar-refractivity contribution in [2.24, 2.45) is 0 Å². The minimum Gasteiger partial charge on any atom is -0.497 e. The van der Waals surface area contributed by atoms with Crippen LogP contribution in [0.3, 0.4) is 0 Å². The highest BCUT2D eigenvalue weighted by Crippen LogP contribution is 2.36. The van der Waals surface area contributed by atoms with E-state index in [2.05, 4.69) is 10.6 Å². The molecule has 1 unspecified atom stereocenters. The zero-order chi connectivity index (χ0) is 32.5. The van der Waals surface area contributed by atoms with Gasteiger partial charge in [0, 0.05) is 25.6 Å². The first-order valence-corrected chi connectivity index (χ1v) is 16.1. The van der Waals surface area contributed by atoms with Crippen molar-refractivity contribution >= 4 is 40.2 Å². The average molecular weight is 647 g/mol. The predicted molar refractivity (Wildman–Crippen MR) is 177 cm³/mol. The molecule has 1 aliphatic rings. The summed E-state index contributed by atoms with van der Waals surface area (Å²) in [4.78, 5) is 44.5. The van der Waals surface area contributed by atoms with E-state index in [0.717, 1.165) is 17.7 Å². The maximum atomic E-state index is 13.8. The third kappa shape index (κ3) is 7.92. The predicted octanol–water partition coefficient (Wildman–Crippen LogP) is 5.53. The van der Waals surface area contributed by atoms with Gasteiger partial charge < -0.3 is 29.6 Å². The summed E-state index contributed by atoms with van der Waals surface area (Å²) < 4.78 is 23.2. The number of benzene rings is 3. The highest BCUT2D eigenvalue weighted by atomic mass is 32.2. The number of rotatable bonds is 15. The van der Waals surface area contributed by atoms with Crippen LogP contribution < -0.4 is 35.1 Å². The number of methoxy groups -OCH3 is 2. The Morgan fingerprint density at radius 2 is 1.76 bits per heavy atom. The summed E-state index contributed by atoms with van der Waals surface area (Å²) in [6.07, 6.45) is 2.95. The van der Waals surface area contributed by atoms with Gasteiger partial charge in [-0.2, -0.15) is 0 Å². The lowest BCUT2D eigenvalue weighted by Gasteiger charge is -2.19. The number of para-hydroxylation sites is 2. The van der Waals surface area contributed by atoms with Crippen molar-refractivity contribution in [2.45, 2.75) is 62.5 Å². The summed E-state index contributed by atoms with van der Waals surface area (Å²) in [6.45, 7) is 2.83. The lowest BCUT2D eigenvalue weighted by atomic mass is 10.1. The molecule has 0 saturated carbocycles. The second kappa shape index (κ2) is 15.5. The summed E-state index contributed by atoms with van der Waals surface area (Å²) in [5.74, 6) is 2.11. The van der Waals surface area contributed by atoms with Gasteiger partial charge >= 0.3 is 0 Å². The Labute approximate surface area is 271 Å². The average Bonchev–Trinajstić information content (AvgIpc) is 3.54. The Kier molecular flexibility index (Phi) is 11.0. The number of hydrogen-bond donors (Lipinski definition) is 2. The Hall–Kier alpha value is -4.71. The summed E-state index contributed by atoms with van der Waals surface area (Å²) in [6, 6.07) is 18.1. The number of nitrogens with one attached hydrogen (secondary N) is 2. The SMILES string of the molecule is CCC(Sc1nc2cc3c(cc2c(=O)n1CCCCCC(=O)NCc1ccc(OC)cc1)OCO3)C(=O)Nc1ccccc1OC. The number of thioether (sulfide) groups is 1. The van der Waals surface area contributed by atoms with Gasteiger partial charge in [-0.25, -0.2) is 4.98 Å². The van der Waals surface area contributed by atoms with E-state index in [0.29, 0.717) is 77.8 Å². The molecule has 12 heteroatoms. The van der Waals surface area contributed by atoms with Gasteiger partial charge in [0.05, 0.1) is 36.1 Å². The van der Waals surface area contributed by atoms with E-state index < -0.39 is 5.25 Å². The third-order valence-corrected chi connectivity index (χ3v) is 8.98. The zero-order valence-corrected chi connectivity index (χ0v) is 27.0. The molecule has 2 heterocycles. The fourth-order valence-corrected chi connectivity index (χ4v) is 6.09. The summed E-state index contributed by atoms with van der Waals surface area (Å²) in [5.41, 5.74) is 1.81. The molecular formula is C34H38N4O7S. The Bertz CT molecular complexity index is 1740. The normalized spacial score (nSPS) is 12.5. The lowest BCUT2D eigenvalue weighted by Crippen LogP contribution is -2.28. The topological polar surface area (TPSA) is 130 Å². The molecule has 1 atom stereocenters. The van der Waals surface area contributed by atoms with Crippen LogP contribution in [0.5, 0.6) is 23.0 Å². The third-order valence-electron chi connectivity index (χ3n) is 7.62. The van der Waals surface area contributed by atoms with Crippen LogP contribution in [-0.2, 0) is 22.7 Å². The Morgan fingerprint density at radius 1 is 1.00 bits per heavy atom. The van der Waals surface area contributed by atoms with Crippen LogP contribution in [0.25, 0.3) is 10.9 Å². The second-order valence-electron chi connectivity index (χ2n) is 10.7. The van der Waals surface area contributed by atoms with Crippen molar-refractivity contribution < 1.29 is 28.5 Å². The molecule has 0 fully saturated rings. The first-order chi connectivity index (χ1) is 22.4. The molecule has 2 N–H and O–H groups in total. The number of carbonyl (C=O) groups is 2. The van der Waals surface area contributed by atoms with Gasteiger partial charge in [-0.3, -0.25) is 19.0 Å². The molecule has 4 aromatic rings. The van der Waals surface area contributed by atoms with Gasteiger partial charge in [-0.1, -0.05) is 49.4 Å². The summed E-state index contributed by atoms with van der Waals surface area (Å²) in [5, 5.41) is 6.24. The summed E-state index contributed by atoms with van der Waals surface area (Å²) in [7, 11) is 3.17. The quantitative estimate of drug-likeness (QED) is 0.0973. The molecule has 242 valence electrons. The van der Waals surface area contributed by atoms with Crippen molar-refractivity contribution in [3.8, 4) is 23.0 Å². The number of aromatic nitrogens is 2. The molecule has 46 heavy (non-hydrogen) atoms. The number of carbonyl (C=O) groups excluding carboxylic acids is 2. The van der Waals surface area contributed by atoms with E-state index in [1.165, 1.54) is 11.8 Å². The maximum Gasteiger partial charge on any atom is 0.262 e. The fourth-order valence-electron chi connectivity index (χ4n) is 5.05. The molecule has 0 saturated heterocycles. The minimum absolute atomic E-state index is 0.0282. The number of unbranched alkanes of at least 4 members (excludes halogenated alkanes) is 2. The van der Waals surface area contributed by atoms with Crippen molar-refractivity contribution in [3.05, 3.63) is 76.6 Å². The standard InChI is InChI=1S/C34H38N4O7S/c1-4-30(32(40)36-25-10-7-8-11-27(25)43-3)46-34-37-26-19-29-28(44-21-45-29)18-24(26)33(41)38(34)17-9-5-6-12-31(39)35-20-22-13-15-23(42-2)16-14-22/h7-8,10-11,13-16,18-19,30H,4-6,9,12,17,20-21H2,1-3H3,(H,35,39)(H,36,40). The van der Waals surface area contributed by atoms with Crippen LogP contribution in [0.1, 0.15) is 44.6 Å². The first-order valence-electron chi connectivity index (χ1n) is 15.2. The zero-order valence-electron chi connectivity index (χ0n) is 26.2. The van der Waals surface area contributed by atoms with Crippen LogP contribution in [0.2, 0.25) is 0 Å². The van der Waals surface area contributed by atoms with Crippen LogP contribution in [0.15, 0.2) is 70.6 Å². The smallest absolute Gasteiger partial charge is 0.262 e. The highest BCUT2D eigenvalue weighted by Gasteiger charge is 2.24. The van der Waals surface area contributed by atoms with Crippen molar-refractivity contribution in [3.63, 3.8) is 0 Å². The first kappa shape index (κ1) is 32.7. The number of hydrogen-bond acceptors (Lipinski definition) is 9. The van der Waals surface area contributed by atoms with Crippen molar-refractivity contribution in [1.82, 2.24) is 14.9 Å². The van der Waals surface area contributed by atoms with E-state index in [1.54, 1.807) is 43.1 Å². The largest absolute Gasteiger partial charge is 0.497 e. The number of fused-ring (bicyclic) bond motifs is 2. The molecule has 0 spiro atoms. The number of ether oxygens (including phenoxy) is 4. The van der Waals surface area contributed by atoms with Crippen LogP contribution in [-0.4, -0.2) is 47.6 Å². The highest BCUT2D eigenvalue weighted by molar-refractivity contribution is 8.00. The van der Waals surface area contributed by atoms with E-state index in [1.807, 2.05) is 43.3 Å². The van der Waals surface area contributed by atoms with Gasteiger partial charge in [0.15, 0.2) is 16.7 Å². The van der Waals surface area contributed by atoms with Gasteiger partial charge in [0.1, 0.15) is 11.5 Å². The van der Waals surface area contributed by atoms with Crippen LogP contribution in [0.4, 0.5) is 5.69 Å². The van der Waals surface area contributed by atoms with Crippen molar-refractivity contribution in [1.29, 1.82) is 0 Å². The molecule has 0 bridgehead atoms. The fraction of sp³-hybridized carbons (Fsp3) is 0.353. The van der Waals surface area contributed by atoms with Gasteiger partial charge in [0.25, 0.3) is 5.56 Å². The number of anilines is 1. The van der Waals surface area contributed by atoms with E-state index in [9.17, 15) is 14.4 Å². The molecule has 1 aromatic heterocycles. The molecule has 3 aromatic carbocycles. The molecule has 2 amide bonds. The maximum absolute atomic E-state index is 13.8. The molecule has 1 aliphatic heterocycles. The van der Waals surface area contributed by atoms with Crippen LogP contribution in [0, 0.1) is 0 Å². The monoisotopic (exact) mass is 646 g/mol. The molecular weight excluding hydrogens is 608 g/mol.